The molecule has 0 unspecified atom stereocenters. The Bertz CT molecular complexity index is 1310. The van der Waals surface area contributed by atoms with E-state index in [1.807, 2.05) is 48.5 Å². The fourth-order valence-corrected chi connectivity index (χ4v) is 4.04. The van der Waals surface area contributed by atoms with Crippen LogP contribution in [0.3, 0.4) is 0 Å². The Hall–Kier alpha value is -3.18. The van der Waals surface area contributed by atoms with Crippen molar-refractivity contribution >= 4 is 34.6 Å². The van der Waals surface area contributed by atoms with Gasteiger partial charge < -0.3 is 25.2 Å². The van der Waals surface area contributed by atoms with Crippen LogP contribution in [0.1, 0.15) is 23.8 Å². The number of hydrogen-bond acceptors (Lipinski definition) is 6. The third-order valence-corrected chi connectivity index (χ3v) is 6.20. The fraction of sp³-hybridized carbons (Fsp3) is 0.292. The van der Waals surface area contributed by atoms with Crippen molar-refractivity contribution < 1.29 is 14.6 Å². The van der Waals surface area contributed by atoms with Gasteiger partial charge in [0.05, 0.1) is 6.10 Å². The summed E-state index contributed by atoms with van der Waals surface area (Å²) in [5.41, 5.74) is 1.02. The van der Waals surface area contributed by atoms with Crippen molar-refractivity contribution in [3.05, 3.63) is 91.7 Å². The van der Waals surface area contributed by atoms with Crippen LogP contribution in [0.4, 0.5) is 5.69 Å². The topological polar surface area (TPSA) is 118 Å². The first kappa shape index (κ1) is 24.9. The Morgan fingerprint density at radius 3 is 2.74 bits per heavy atom. The summed E-state index contributed by atoms with van der Waals surface area (Å²) in [6.07, 6.45) is -0.418. The van der Waals surface area contributed by atoms with Crippen LogP contribution < -0.4 is 26.6 Å². The number of aliphatic hydroxyl groups is 1. The number of benzene rings is 2. The van der Waals surface area contributed by atoms with Gasteiger partial charge in [-0.1, -0.05) is 29.8 Å². The van der Waals surface area contributed by atoms with Gasteiger partial charge >= 0.3 is 5.69 Å². The molecule has 1 saturated heterocycles. The van der Waals surface area contributed by atoms with Crippen molar-refractivity contribution in [2.24, 2.45) is 0 Å². The van der Waals surface area contributed by atoms with E-state index in [0.29, 0.717) is 28.1 Å². The number of thiocarbonyl (C=S) groups is 1. The van der Waals surface area contributed by atoms with Gasteiger partial charge in [-0.3, -0.25) is 14.3 Å². The Morgan fingerprint density at radius 2 is 2.00 bits per heavy atom. The average molecular weight is 517 g/mol. The zero-order valence-electron chi connectivity index (χ0n) is 18.9. The van der Waals surface area contributed by atoms with Crippen LogP contribution in [0.25, 0.3) is 0 Å². The zero-order chi connectivity index (χ0) is 24.9. The number of hydrogen-bond donors (Lipinski definition) is 4. The monoisotopic (exact) mass is 516 g/mol. The maximum absolute atomic E-state index is 12.1. The summed E-state index contributed by atoms with van der Waals surface area (Å²) in [6.45, 7) is 2.20. The molecule has 0 aliphatic carbocycles. The van der Waals surface area contributed by atoms with E-state index in [2.05, 4.69) is 15.6 Å². The predicted octanol–water partition coefficient (Wildman–Crippen LogP) is 2.71. The molecule has 3 atom stereocenters. The normalized spacial score (nSPS) is 19.3. The molecule has 0 amide bonds. The summed E-state index contributed by atoms with van der Waals surface area (Å²) in [4.78, 5) is 25.9. The smallest absolute Gasteiger partial charge is 0.330 e. The van der Waals surface area contributed by atoms with Gasteiger partial charge in [-0.15, -0.1) is 0 Å². The SMILES string of the molecule is Cc1cn([C@H]2C[C@H](O)[C@@H](CNC(=S)Nc3ccc(OCc4ccccc4Cl)cc3)O2)c(=O)[nH]c1=O. The van der Waals surface area contributed by atoms with Gasteiger partial charge in [-0.2, -0.15) is 0 Å². The molecule has 35 heavy (non-hydrogen) atoms. The highest BCUT2D eigenvalue weighted by Gasteiger charge is 2.35. The first-order valence-corrected chi connectivity index (χ1v) is 11.8. The maximum atomic E-state index is 12.1. The summed E-state index contributed by atoms with van der Waals surface area (Å²) in [5.74, 6) is 0.690. The van der Waals surface area contributed by atoms with Crippen LogP contribution in [0.15, 0.2) is 64.3 Å². The van der Waals surface area contributed by atoms with Gasteiger partial charge in [-0.25, -0.2) is 4.79 Å². The van der Waals surface area contributed by atoms with E-state index in [4.69, 9.17) is 33.3 Å². The quantitative estimate of drug-likeness (QED) is 0.354. The Balaban J connectivity index is 1.26. The minimum atomic E-state index is -0.802. The fourth-order valence-electron chi connectivity index (χ4n) is 3.65. The lowest BCUT2D eigenvalue weighted by molar-refractivity contribution is -0.0172. The average Bonchev–Trinajstić information content (AvgIpc) is 3.20. The molecule has 1 aromatic heterocycles. The molecule has 184 valence electrons. The molecule has 1 aliphatic heterocycles. The number of aliphatic hydroxyl groups excluding tert-OH is 1. The molecule has 9 nitrogen and oxygen atoms in total. The second kappa shape index (κ2) is 11.0. The molecule has 0 saturated carbocycles. The molecule has 0 spiro atoms. The second-order valence-electron chi connectivity index (χ2n) is 8.15. The van der Waals surface area contributed by atoms with Crippen molar-refractivity contribution in [3.8, 4) is 5.75 Å². The molecule has 2 heterocycles. The van der Waals surface area contributed by atoms with Crippen LogP contribution in [0, 0.1) is 6.92 Å². The van der Waals surface area contributed by atoms with Crippen molar-refractivity contribution in [3.63, 3.8) is 0 Å². The number of H-pyrrole nitrogens is 1. The number of aryl methyl sites for hydroxylation is 1. The highest BCUT2D eigenvalue weighted by atomic mass is 35.5. The number of nitrogens with zero attached hydrogens (tertiary/aromatic N) is 1. The summed E-state index contributed by atoms with van der Waals surface area (Å²) >= 11 is 11.5. The molecule has 1 fully saturated rings. The molecule has 4 N–H and O–H groups in total. The molecule has 4 rings (SSSR count). The molecule has 11 heteroatoms. The van der Waals surface area contributed by atoms with Gasteiger partial charge in [0, 0.05) is 41.0 Å². The van der Waals surface area contributed by atoms with E-state index in [-0.39, 0.29) is 13.0 Å². The van der Waals surface area contributed by atoms with Crippen LogP contribution in [-0.4, -0.2) is 38.5 Å². The molecule has 1 aliphatic rings. The number of aromatic nitrogens is 2. The van der Waals surface area contributed by atoms with Gasteiger partial charge in [0.2, 0.25) is 0 Å². The number of rotatable bonds is 7. The predicted molar refractivity (Wildman–Crippen MR) is 137 cm³/mol. The largest absolute Gasteiger partial charge is 0.489 e. The zero-order valence-corrected chi connectivity index (χ0v) is 20.4. The van der Waals surface area contributed by atoms with E-state index in [0.717, 1.165) is 11.3 Å². The first-order valence-electron chi connectivity index (χ1n) is 11.0. The maximum Gasteiger partial charge on any atom is 0.330 e. The van der Waals surface area contributed by atoms with Crippen molar-refractivity contribution in [2.45, 2.75) is 38.4 Å². The van der Waals surface area contributed by atoms with Crippen molar-refractivity contribution in [1.82, 2.24) is 14.9 Å². The van der Waals surface area contributed by atoms with Gasteiger partial charge in [0.15, 0.2) is 5.11 Å². The Kier molecular flexibility index (Phi) is 7.86. The van der Waals surface area contributed by atoms with E-state index in [9.17, 15) is 14.7 Å². The second-order valence-corrected chi connectivity index (χ2v) is 8.97. The Labute approximate surface area is 211 Å². The van der Waals surface area contributed by atoms with Crippen LogP contribution in [-0.2, 0) is 11.3 Å². The lowest BCUT2D eigenvalue weighted by Gasteiger charge is -2.18. The van der Waals surface area contributed by atoms with Crippen LogP contribution in [0.5, 0.6) is 5.75 Å². The minimum absolute atomic E-state index is 0.216. The van der Waals surface area contributed by atoms with Crippen LogP contribution in [0.2, 0.25) is 5.02 Å². The van der Waals surface area contributed by atoms with E-state index >= 15 is 0 Å². The third-order valence-electron chi connectivity index (χ3n) is 5.59. The minimum Gasteiger partial charge on any atom is -0.489 e. The van der Waals surface area contributed by atoms with Gasteiger partial charge in [-0.05, 0) is 49.5 Å². The molecular weight excluding hydrogens is 492 g/mol. The summed E-state index contributed by atoms with van der Waals surface area (Å²) < 4.78 is 12.9. The number of aromatic amines is 1. The third kappa shape index (κ3) is 6.29. The Morgan fingerprint density at radius 1 is 1.26 bits per heavy atom. The summed E-state index contributed by atoms with van der Waals surface area (Å²) in [6, 6.07) is 14.8. The molecule has 0 bridgehead atoms. The van der Waals surface area contributed by atoms with E-state index in [1.54, 1.807) is 6.92 Å². The highest BCUT2D eigenvalue weighted by molar-refractivity contribution is 7.80. The summed E-state index contributed by atoms with van der Waals surface area (Å²) in [7, 11) is 0. The number of ether oxygens (including phenoxy) is 2. The number of anilines is 1. The van der Waals surface area contributed by atoms with Crippen molar-refractivity contribution in [1.29, 1.82) is 0 Å². The number of halogens is 1. The summed E-state index contributed by atoms with van der Waals surface area (Å²) in [5, 5.41) is 17.5. The van der Waals surface area contributed by atoms with E-state index < -0.39 is 29.7 Å². The van der Waals surface area contributed by atoms with E-state index in [1.165, 1.54) is 10.8 Å². The van der Waals surface area contributed by atoms with Crippen LogP contribution >= 0.6 is 23.8 Å². The lowest BCUT2D eigenvalue weighted by Crippen LogP contribution is -2.39. The standard InChI is InChI=1S/C24H25ClN4O5S/c1-14-12-29(24(32)28-22(14)31)21-10-19(30)20(34-21)11-26-23(35)27-16-6-8-17(9-7-16)33-13-15-4-2-3-5-18(15)25/h2-9,12,19-21,30H,10-11,13H2,1H3,(H2,26,27,35)(H,28,31,32)/t19-,20+,21+/m0/s1. The molecule has 3 aromatic rings. The molecule has 0 radical (unpaired) electrons. The first-order chi connectivity index (χ1) is 16.8. The molecular formula is C24H25ClN4O5S. The van der Waals surface area contributed by atoms with Crippen molar-refractivity contribution in [2.75, 3.05) is 11.9 Å². The van der Waals surface area contributed by atoms with Gasteiger partial charge in [0.25, 0.3) is 5.56 Å². The number of nitrogens with one attached hydrogen (secondary N) is 3. The highest BCUT2D eigenvalue weighted by Crippen LogP contribution is 2.27. The molecule has 2 aromatic carbocycles. The lowest BCUT2D eigenvalue weighted by atomic mass is 10.2. The van der Waals surface area contributed by atoms with Gasteiger partial charge in [0.1, 0.15) is 24.7 Å².